The van der Waals surface area contributed by atoms with E-state index in [-0.39, 0.29) is 35.8 Å². The largest absolute Gasteiger partial charge is 0.463 e. The van der Waals surface area contributed by atoms with Gasteiger partial charge in [-0.2, -0.15) is 0 Å². The van der Waals surface area contributed by atoms with Crippen LogP contribution < -0.4 is 5.32 Å². The fraction of sp³-hybridized carbons (Fsp3) is 0.821. The summed E-state index contributed by atoms with van der Waals surface area (Å²) >= 11 is 0. The first-order valence-corrected chi connectivity index (χ1v) is 13.5. The number of esters is 1. The van der Waals surface area contributed by atoms with Crippen LogP contribution in [0, 0.1) is 11.3 Å². The summed E-state index contributed by atoms with van der Waals surface area (Å²) in [6.07, 6.45) is 6.59. The zero-order chi connectivity index (χ0) is 26.9. The summed E-state index contributed by atoms with van der Waals surface area (Å²) in [6, 6.07) is -0.852. The fourth-order valence-corrected chi connectivity index (χ4v) is 4.70. The highest BCUT2D eigenvalue weighted by Crippen LogP contribution is 2.26. The summed E-state index contributed by atoms with van der Waals surface area (Å²) in [7, 11) is 1.77. The van der Waals surface area contributed by atoms with Crippen molar-refractivity contribution < 1.29 is 19.1 Å². The first-order valence-electron chi connectivity index (χ1n) is 13.5. The maximum atomic E-state index is 13.9. The van der Waals surface area contributed by atoms with E-state index in [9.17, 15) is 14.4 Å². The molecule has 5 atom stereocenters. The molecular weight excluding hydrogens is 442 g/mol. The van der Waals surface area contributed by atoms with Gasteiger partial charge in [0.05, 0.1) is 18.7 Å². The summed E-state index contributed by atoms with van der Waals surface area (Å²) < 4.78 is 5.15. The number of hydrogen-bond donors (Lipinski definition) is 1. The number of carbonyl (C=O) groups is 3. The molecule has 1 heterocycles. The molecule has 0 aromatic carbocycles. The highest BCUT2D eigenvalue weighted by Gasteiger charge is 2.40. The number of ether oxygens (including phenoxy) is 1. The molecule has 202 valence electrons. The molecular formula is C28H51N3O4. The van der Waals surface area contributed by atoms with E-state index in [1.54, 1.807) is 25.8 Å². The molecule has 1 N–H and O–H groups in total. The predicted octanol–water partition coefficient (Wildman–Crippen LogP) is 4.55. The van der Waals surface area contributed by atoms with E-state index in [0.717, 1.165) is 38.6 Å². The summed E-state index contributed by atoms with van der Waals surface area (Å²) in [5, 5.41) is 3.14. The maximum absolute atomic E-state index is 13.9. The third kappa shape index (κ3) is 8.62. The van der Waals surface area contributed by atoms with Gasteiger partial charge < -0.3 is 15.0 Å². The second kappa shape index (κ2) is 14.0. The molecule has 7 nitrogen and oxygen atoms in total. The van der Waals surface area contributed by atoms with Gasteiger partial charge in [-0.1, -0.05) is 60.5 Å². The Morgan fingerprint density at radius 2 is 1.74 bits per heavy atom. The van der Waals surface area contributed by atoms with Gasteiger partial charge in [0, 0.05) is 18.7 Å². The van der Waals surface area contributed by atoms with Crippen molar-refractivity contribution in [1.29, 1.82) is 0 Å². The standard InChI is InChI=1S/C28H51N3O4/c1-11-19(4)23(18-20(5)27(34)35-13-3)30(10)26(33)24(28(7,8)9)29-25(32)22-16-14-15-17-31(22)21(6)12-2/h18-19,21-24H,11-17H2,1-10H3,(H,29,32)/b20-18+/t19-,21?,22?,23?,24?/m0/s1. The Morgan fingerprint density at radius 1 is 1.11 bits per heavy atom. The number of piperidine rings is 1. The van der Waals surface area contributed by atoms with E-state index in [1.165, 1.54) is 0 Å². The number of nitrogens with zero attached hydrogens (tertiary/aromatic N) is 2. The van der Waals surface area contributed by atoms with E-state index in [1.807, 2.05) is 26.8 Å². The second-order valence-corrected chi connectivity index (χ2v) is 11.2. The molecule has 4 unspecified atom stereocenters. The highest BCUT2D eigenvalue weighted by molar-refractivity contribution is 5.91. The lowest BCUT2D eigenvalue weighted by Crippen LogP contribution is -2.60. The van der Waals surface area contributed by atoms with Crippen LogP contribution in [-0.2, 0) is 19.1 Å². The molecule has 0 aromatic heterocycles. The van der Waals surface area contributed by atoms with Crippen molar-refractivity contribution in [3.05, 3.63) is 11.6 Å². The number of nitrogens with one attached hydrogen (secondary N) is 1. The average molecular weight is 494 g/mol. The van der Waals surface area contributed by atoms with Gasteiger partial charge in [-0.05, 0) is 57.9 Å². The molecule has 0 saturated carbocycles. The molecule has 1 aliphatic heterocycles. The molecule has 1 saturated heterocycles. The van der Waals surface area contributed by atoms with Crippen molar-refractivity contribution in [2.75, 3.05) is 20.2 Å². The molecule has 1 fully saturated rings. The Balaban J connectivity index is 3.22. The summed E-state index contributed by atoms with van der Waals surface area (Å²) in [5.41, 5.74) is 0.0103. The van der Waals surface area contributed by atoms with E-state index in [0.29, 0.717) is 18.2 Å². The Morgan fingerprint density at radius 3 is 2.26 bits per heavy atom. The average Bonchev–Trinajstić information content (AvgIpc) is 2.82. The van der Waals surface area contributed by atoms with Crippen LogP contribution in [0.2, 0.25) is 0 Å². The van der Waals surface area contributed by atoms with Crippen molar-refractivity contribution in [3.63, 3.8) is 0 Å². The Labute approximate surface area is 214 Å². The summed E-state index contributed by atoms with van der Waals surface area (Å²) in [4.78, 5) is 43.6. The molecule has 0 aromatic rings. The monoisotopic (exact) mass is 493 g/mol. The smallest absolute Gasteiger partial charge is 0.333 e. The van der Waals surface area contributed by atoms with Gasteiger partial charge in [-0.15, -0.1) is 0 Å². The lowest BCUT2D eigenvalue weighted by Gasteiger charge is -2.41. The van der Waals surface area contributed by atoms with Crippen LogP contribution in [0.25, 0.3) is 0 Å². The van der Waals surface area contributed by atoms with Gasteiger partial charge in [0.2, 0.25) is 11.8 Å². The molecule has 7 heteroatoms. The zero-order valence-electron chi connectivity index (χ0n) is 23.9. The maximum Gasteiger partial charge on any atom is 0.333 e. The lowest BCUT2D eigenvalue weighted by atomic mass is 9.84. The lowest BCUT2D eigenvalue weighted by molar-refractivity contribution is -0.142. The van der Waals surface area contributed by atoms with Gasteiger partial charge in [0.25, 0.3) is 0 Å². The first-order chi connectivity index (χ1) is 16.3. The Hall–Kier alpha value is -1.89. The first kappa shape index (κ1) is 31.1. The molecule has 1 aliphatic rings. The van der Waals surface area contributed by atoms with Crippen LogP contribution in [0.15, 0.2) is 11.6 Å². The molecule has 0 bridgehead atoms. The van der Waals surface area contributed by atoms with E-state index in [4.69, 9.17) is 4.74 Å². The molecule has 35 heavy (non-hydrogen) atoms. The molecule has 0 aliphatic carbocycles. The molecule has 1 rings (SSSR count). The second-order valence-electron chi connectivity index (χ2n) is 11.2. The minimum Gasteiger partial charge on any atom is -0.463 e. The van der Waals surface area contributed by atoms with Crippen LogP contribution in [0.3, 0.4) is 0 Å². The fourth-order valence-electron chi connectivity index (χ4n) is 4.70. The van der Waals surface area contributed by atoms with Crippen LogP contribution >= 0.6 is 0 Å². The zero-order valence-corrected chi connectivity index (χ0v) is 23.9. The van der Waals surface area contributed by atoms with Crippen molar-refractivity contribution in [1.82, 2.24) is 15.1 Å². The van der Waals surface area contributed by atoms with E-state index in [2.05, 4.69) is 37.9 Å². The number of carbonyl (C=O) groups excluding carboxylic acids is 3. The van der Waals surface area contributed by atoms with Gasteiger partial charge in [-0.25, -0.2) is 4.79 Å². The normalized spacial score (nSPS) is 21.0. The van der Waals surface area contributed by atoms with Crippen molar-refractivity contribution in [3.8, 4) is 0 Å². The predicted molar refractivity (Wildman–Crippen MR) is 142 cm³/mol. The SMILES string of the molecule is CCOC(=O)/C(C)=C/C([C@@H](C)CC)N(C)C(=O)C(NC(=O)C1CCCCN1C(C)CC)C(C)(C)C. The van der Waals surface area contributed by atoms with Gasteiger partial charge in [0.1, 0.15) is 6.04 Å². The van der Waals surface area contributed by atoms with Gasteiger partial charge in [-0.3, -0.25) is 14.5 Å². The van der Waals surface area contributed by atoms with Crippen LogP contribution in [0.4, 0.5) is 0 Å². The number of likely N-dealkylation sites (tertiary alicyclic amines) is 1. The third-order valence-electron chi connectivity index (χ3n) is 7.44. The van der Waals surface area contributed by atoms with Crippen molar-refractivity contribution >= 4 is 17.8 Å². The molecule has 0 radical (unpaired) electrons. The van der Waals surface area contributed by atoms with Crippen molar-refractivity contribution in [2.45, 2.75) is 119 Å². The van der Waals surface area contributed by atoms with Crippen molar-refractivity contribution in [2.24, 2.45) is 11.3 Å². The van der Waals surface area contributed by atoms with Gasteiger partial charge in [0.15, 0.2) is 0 Å². The molecule has 2 amide bonds. The highest BCUT2D eigenvalue weighted by atomic mass is 16.5. The van der Waals surface area contributed by atoms with E-state index >= 15 is 0 Å². The summed E-state index contributed by atoms with van der Waals surface area (Å²) in [6.45, 7) is 19.1. The van der Waals surface area contributed by atoms with Crippen LogP contribution in [0.1, 0.15) is 94.4 Å². The summed E-state index contributed by atoms with van der Waals surface area (Å²) in [5.74, 6) is -0.450. The number of hydrogen-bond acceptors (Lipinski definition) is 5. The quantitative estimate of drug-likeness (QED) is 0.337. The number of amides is 2. The van der Waals surface area contributed by atoms with Crippen LogP contribution in [-0.4, -0.2) is 72.0 Å². The van der Waals surface area contributed by atoms with Crippen LogP contribution in [0.5, 0.6) is 0 Å². The topological polar surface area (TPSA) is 79.0 Å². The number of rotatable bonds is 11. The minimum absolute atomic E-state index is 0.0648. The minimum atomic E-state index is -0.677. The third-order valence-corrected chi connectivity index (χ3v) is 7.44. The Bertz CT molecular complexity index is 743. The molecule has 0 spiro atoms. The Kier molecular flexibility index (Phi) is 12.5. The van der Waals surface area contributed by atoms with E-state index < -0.39 is 11.5 Å². The van der Waals surface area contributed by atoms with Gasteiger partial charge >= 0.3 is 5.97 Å². The number of likely N-dealkylation sites (N-methyl/N-ethyl adjacent to an activating group) is 1.